The van der Waals surface area contributed by atoms with E-state index in [0.717, 1.165) is 31.5 Å². The lowest BCUT2D eigenvalue weighted by Gasteiger charge is -2.35. The highest BCUT2D eigenvalue weighted by Gasteiger charge is 2.31. The zero-order valence-corrected chi connectivity index (χ0v) is 12.9. The molecule has 1 saturated heterocycles. The molecule has 1 fully saturated rings. The molecule has 0 amide bonds. The Morgan fingerprint density at radius 3 is 2.85 bits per heavy atom. The Balaban J connectivity index is 1.87. The molecule has 1 aliphatic heterocycles. The predicted molar refractivity (Wildman–Crippen MR) is 78.6 cm³/mol. The van der Waals surface area contributed by atoms with Crippen molar-refractivity contribution < 1.29 is 9.84 Å². The van der Waals surface area contributed by atoms with Crippen LogP contribution in [0.4, 0.5) is 0 Å². The second kappa shape index (κ2) is 6.70. The zero-order valence-electron chi connectivity index (χ0n) is 12.9. The Labute approximate surface area is 121 Å². The molecule has 0 spiro atoms. The summed E-state index contributed by atoms with van der Waals surface area (Å²) in [5.74, 6) is 0. The molecule has 1 aromatic heterocycles. The van der Waals surface area contributed by atoms with Crippen LogP contribution in [0, 0.1) is 0 Å². The van der Waals surface area contributed by atoms with Crippen molar-refractivity contribution in [3.8, 4) is 0 Å². The third-order valence-electron chi connectivity index (χ3n) is 4.13. The standard InChI is InChI=1S/C15H27N3O2/c1-4-13(2)18-8-5-14(16-18)11-17(3)12-15(19)6-9-20-10-7-15/h5,8,13,19H,4,6-7,9-12H2,1-3H3. The maximum absolute atomic E-state index is 10.5. The lowest BCUT2D eigenvalue weighted by molar-refractivity contribution is -0.0778. The number of aromatic nitrogens is 2. The minimum atomic E-state index is -0.605. The van der Waals surface area contributed by atoms with Crippen LogP contribution in [0.3, 0.4) is 0 Å². The maximum atomic E-state index is 10.5. The minimum Gasteiger partial charge on any atom is -0.388 e. The smallest absolute Gasteiger partial charge is 0.0817 e. The molecule has 0 aromatic carbocycles. The van der Waals surface area contributed by atoms with Crippen LogP contribution >= 0.6 is 0 Å². The van der Waals surface area contributed by atoms with Crippen molar-refractivity contribution in [1.82, 2.24) is 14.7 Å². The van der Waals surface area contributed by atoms with Gasteiger partial charge in [-0.3, -0.25) is 9.58 Å². The molecule has 0 bridgehead atoms. The summed E-state index contributed by atoms with van der Waals surface area (Å²) >= 11 is 0. The van der Waals surface area contributed by atoms with E-state index in [0.29, 0.717) is 25.8 Å². The zero-order chi connectivity index (χ0) is 14.6. The summed E-state index contributed by atoms with van der Waals surface area (Å²) in [5.41, 5.74) is 0.454. The molecule has 114 valence electrons. The van der Waals surface area contributed by atoms with E-state index in [-0.39, 0.29) is 0 Å². The van der Waals surface area contributed by atoms with Crippen LogP contribution in [-0.4, -0.2) is 52.2 Å². The van der Waals surface area contributed by atoms with Gasteiger partial charge in [-0.1, -0.05) is 6.92 Å². The highest BCUT2D eigenvalue weighted by molar-refractivity contribution is 5.00. The number of rotatable bonds is 6. The summed E-state index contributed by atoms with van der Waals surface area (Å²) in [5, 5.41) is 15.1. The van der Waals surface area contributed by atoms with Crippen molar-refractivity contribution in [2.45, 2.75) is 51.3 Å². The molecule has 0 radical (unpaired) electrons. The summed E-state index contributed by atoms with van der Waals surface area (Å²) < 4.78 is 7.33. The predicted octanol–water partition coefficient (Wildman–Crippen LogP) is 1.83. The van der Waals surface area contributed by atoms with E-state index >= 15 is 0 Å². The third kappa shape index (κ3) is 4.04. The van der Waals surface area contributed by atoms with Crippen molar-refractivity contribution in [2.75, 3.05) is 26.8 Å². The molecule has 2 heterocycles. The van der Waals surface area contributed by atoms with E-state index < -0.39 is 5.60 Å². The van der Waals surface area contributed by atoms with Crippen molar-refractivity contribution in [1.29, 1.82) is 0 Å². The molecule has 1 N–H and O–H groups in total. The topological polar surface area (TPSA) is 50.5 Å². The molecule has 5 nitrogen and oxygen atoms in total. The second-order valence-corrected chi connectivity index (χ2v) is 6.05. The van der Waals surface area contributed by atoms with Crippen LogP contribution in [0.2, 0.25) is 0 Å². The van der Waals surface area contributed by atoms with Crippen molar-refractivity contribution in [3.63, 3.8) is 0 Å². The van der Waals surface area contributed by atoms with E-state index in [1.165, 1.54) is 0 Å². The summed E-state index contributed by atoms with van der Waals surface area (Å²) in [4.78, 5) is 2.15. The minimum absolute atomic E-state index is 0.439. The summed E-state index contributed by atoms with van der Waals surface area (Å²) in [6, 6.07) is 2.50. The number of ether oxygens (including phenoxy) is 1. The normalized spacial score (nSPS) is 20.2. The SMILES string of the molecule is CCC(C)n1ccc(CN(C)CC2(O)CCOCC2)n1. The first-order chi connectivity index (χ1) is 9.52. The number of aliphatic hydroxyl groups is 1. The maximum Gasteiger partial charge on any atom is 0.0817 e. The molecular weight excluding hydrogens is 254 g/mol. The fourth-order valence-electron chi connectivity index (χ4n) is 2.64. The third-order valence-corrected chi connectivity index (χ3v) is 4.13. The van der Waals surface area contributed by atoms with Crippen LogP contribution in [0.5, 0.6) is 0 Å². The first-order valence-corrected chi connectivity index (χ1v) is 7.55. The second-order valence-electron chi connectivity index (χ2n) is 6.05. The molecule has 20 heavy (non-hydrogen) atoms. The molecule has 0 saturated carbocycles. The van der Waals surface area contributed by atoms with Crippen molar-refractivity contribution in [3.05, 3.63) is 18.0 Å². The fourth-order valence-corrected chi connectivity index (χ4v) is 2.64. The van der Waals surface area contributed by atoms with Gasteiger partial charge in [0.05, 0.1) is 11.3 Å². The summed E-state index contributed by atoms with van der Waals surface area (Å²) in [7, 11) is 2.04. The Morgan fingerprint density at radius 1 is 1.50 bits per heavy atom. The lowest BCUT2D eigenvalue weighted by atomic mass is 9.94. The number of hydrogen-bond donors (Lipinski definition) is 1. The van der Waals surface area contributed by atoms with Crippen LogP contribution < -0.4 is 0 Å². The van der Waals surface area contributed by atoms with Crippen LogP contribution in [0.1, 0.15) is 44.8 Å². The first-order valence-electron chi connectivity index (χ1n) is 7.55. The molecule has 1 aliphatic rings. The van der Waals surface area contributed by atoms with Gasteiger partial charge >= 0.3 is 0 Å². The van der Waals surface area contributed by atoms with E-state index in [1.807, 2.05) is 17.9 Å². The van der Waals surface area contributed by atoms with Crippen LogP contribution in [0.15, 0.2) is 12.3 Å². The van der Waals surface area contributed by atoms with Gasteiger partial charge in [0.25, 0.3) is 0 Å². The van der Waals surface area contributed by atoms with Crippen LogP contribution in [-0.2, 0) is 11.3 Å². The van der Waals surface area contributed by atoms with Crippen LogP contribution in [0.25, 0.3) is 0 Å². The van der Waals surface area contributed by atoms with E-state index in [9.17, 15) is 5.11 Å². The Hall–Kier alpha value is -0.910. The highest BCUT2D eigenvalue weighted by Crippen LogP contribution is 2.21. The van der Waals surface area contributed by atoms with Gasteiger partial charge in [0.2, 0.25) is 0 Å². The molecule has 5 heteroatoms. The van der Waals surface area contributed by atoms with Gasteiger partial charge in [-0.15, -0.1) is 0 Å². The van der Waals surface area contributed by atoms with E-state index in [4.69, 9.17) is 4.74 Å². The number of hydrogen-bond acceptors (Lipinski definition) is 4. The monoisotopic (exact) mass is 281 g/mol. The Morgan fingerprint density at radius 2 is 2.20 bits per heavy atom. The molecule has 2 rings (SSSR count). The highest BCUT2D eigenvalue weighted by atomic mass is 16.5. The molecular formula is C15H27N3O2. The summed E-state index contributed by atoms with van der Waals surface area (Å²) in [6.45, 7) is 7.10. The average molecular weight is 281 g/mol. The van der Waals surface area contributed by atoms with Gasteiger partial charge in [-0.2, -0.15) is 5.10 Å². The van der Waals surface area contributed by atoms with Gasteiger partial charge in [-0.05, 0) is 26.5 Å². The average Bonchev–Trinajstić information content (AvgIpc) is 2.86. The fraction of sp³-hybridized carbons (Fsp3) is 0.800. The van der Waals surface area contributed by atoms with E-state index in [1.54, 1.807) is 0 Å². The van der Waals surface area contributed by atoms with Gasteiger partial charge in [0.15, 0.2) is 0 Å². The molecule has 0 aliphatic carbocycles. The number of likely N-dealkylation sites (N-methyl/N-ethyl adjacent to an activating group) is 1. The van der Waals surface area contributed by atoms with Crippen molar-refractivity contribution >= 4 is 0 Å². The molecule has 1 atom stereocenters. The molecule has 1 unspecified atom stereocenters. The van der Waals surface area contributed by atoms with Gasteiger partial charge < -0.3 is 9.84 Å². The summed E-state index contributed by atoms with van der Waals surface area (Å²) in [6.07, 6.45) is 4.56. The van der Waals surface area contributed by atoms with Gasteiger partial charge in [-0.25, -0.2) is 0 Å². The van der Waals surface area contributed by atoms with Gasteiger partial charge in [0.1, 0.15) is 0 Å². The largest absolute Gasteiger partial charge is 0.388 e. The Bertz CT molecular complexity index is 413. The van der Waals surface area contributed by atoms with Gasteiger partial charge in [0, 0.05) is 51.4 Å². The Kier molecular flexibility index (Phi) is 5.18. The number of nitrogens with zero attached hydrogens (tertiary/aromatic N) is 3. The molecule has 1 aromatic rings. The quantitative estimate of drug-likeness (QED) is 0.864. The first kappa shape index (κ1) is 15.5. The van der Waals surface area contributed by atoms with Crippen molar-refractivity contribution in [2.24, 2.45) is 0 Å². The lowest BCUT2D eigenvalue weighted by Crippen LogP contribution is -2.45. The van der Waals surface area contributed by atoms with E-state index in [2.05, 4.69) is 29.9 Å².